The van der Waals surface area contributed by atoms with Gasteiger partial charge in [-0.3, -0.25) is 9.80 Å². The average Bonchev–Trinajstić information content (AvgIpc) is 3.07. The van der Waals surface area contributed by atoms with Crippen LogP contribution in [0.2, 0.25) is 0 Å². The Morgan fingerprint density at radius 2 is 1.50 bits per heavy atom. The van der Waals surface area contributed by atoms with E-state index in [4.69, 9.17) is 30.3 Å². The van der Waals surface area contributed by atoms with Crippen LogP contribution in [0.4, 0.5) is 0 Å². The smallest absolute Gasteiger partial charge is 0.227 e. The van der Waals surface area contributed by atoms with Crippen molar-refractivity contribution in [2.24, 2.45) is 0 Å². The van der Waals surface area contributed by atoms with E-state index in [1.807, 2.05) is 18.2 Å². The fourth-order valence-corrected chi connectivity index (χ4v) is 7.55. The summed E-state index contributed by atoms with van der Waals surface area (Å²) >= 11 is 0. The average molecular weight is 616 g/mol. The van der Waals surface area contributed by atoms with Gasteiger partial charge in [0.2, 0.25) is 12.3 Å². The number of benzene rings is 4. The van der Waals surface area contributed by atoms with Gasteiger partial charge in [0.1, 0.15) is 5.75 Å². The molecule has 0 N–H and O–H groups in total. The highest BCUT2D eigenvalue weighted by Gasteiger charge is 2.37. The second kappa shape index (κ2) is 11.6. The Morgan fingerprint density at radius 3 is 2.30 bits per heavy atom. The molecular formula is C38H37N3O5. The van der Waals surface area contributed by atoms with E-state index in [0.29, 0.717) is 41.8 Å². The van der Waals surface area contributed by atoms with Gasteiger partial charge in [0.15, 0.2) is 34.5 Å². The minimum Gasteiger partial charge on any atom is -0.493 e. The predicted molar refractivity (Wildman–Crippen MR) is 175 cm³/mol. The normalized spacial score (nSPS) is 19.6. The number of fused-ring (bicyclic) bond motifs is 2. The molecule has 0 unspecified atom stereocenters. The molecule has 0 saturated heterocycles. The third-order valence-corrected chi connectivity index (χ3v) is 9.98. The fourth-order valence-electron chi connectivity index (χ4n) is 7.55. The maximum Gasteiger partial charge on any atom is 0.227 e. The molecule has 8 nitrogen and oxygen atoms in total. The highest BCUT2D eigenvalue weighted by Crippen LogP contribution is 2.56. The molecule has 5 aliphatic heterocycles. The maximum atomic E-state index is 7.49. The predicted octanol–water partition coefficient (Wildman–Crippen LogP) is 7.54. The van der Waals surface area contributed by atoms with Gasteiger partial charge in [-0.15, -0.1) is 0 Å². The van der Waals surface area contributed by atoms with Crippen LogP contribution in [-0.2, 0) is 25.7 Å². The molecule has 5 aliphatic rings. The van der Waals surface area contributed by atoms with E-state index < -0.39 is 0 Å². The quantitative estimate of drug-likeness (QED) is 0.194. The van der Waals surface area contributed by atoms with Gasteiger partial charge in [0, 0.05) is 30.7 Å². The van der Waals surface area contributed by atoms with Gasteiger partial charge >= 0.3 is 0 Å². The largest absolute Gasteiger partial charge is 0.493 e. The SMILES string of the molecule is [C-]#[N+]CCN1CCc2cc3c4cc2[C@@H]1Cc1ccc(OC)c(c1)Oc1ccc(cc1)C[C@H]1c2c(cc(OC)c(c2O4)O3)CCN1C. The molecule has 0 radical (unpaired) electrons. The molecule has 9 rings (SSSR count). The summed E-state index contributed by atoms with van der Waals surface area (Å²) in [6, 6.07) is 21.1. The number of hydrogen-bond donors (Lipinski definition) is 0. The standard InChI is InChI=1S/C38H37N3O5/c1-39-13-16-41-15-12-25-20-33-34-22-28(25)29(41)18-24-7-10-31(42-3)32(19-24)44-27-8-5-23(6-9-27)17-30-36-26(11-14-40(30)2)21-35(43-4)37(45-33)38(36)46-34/h5-10,19-22,29-30H,11-18H2,2-4H3/t29-,30-/m0/s1. The summed E-state index contributed by atoms with van der Waals surface area (Å²) in [6.45, 7) is 10.4. The lowest BCUT2D eigenvalue weighted by atomic mass is 9.86. The molecule has 7 bridgehead atoms. The Kier molecular flexibility index (Phi) is 7.24. The van der Waals surface area contributed by atoms with Crippen LogP contribution < -0.4 is 23.7 Å². The van der Waals surface area contributed by atoms with Crippen LogP contribution in [0.5, 0.6) is 46.0 Å². The van der Waals surface area contributed by atoms with Crippen molar-refractivity contribution in [1.29, 1.82) is 0 Å². The van der Waals surface area contributed by atoms with Crippen molar-refractivity contribution in [3.63, 3.8) is 0 Å². The van der Waals surface area contributed by atoms with Crippen LogP contribution >= 0.6 is 0 Å². The van der Waals surface area contributed by atoms with E-state index in [0.717, 1.165) is 67.1 Å². The molecule has 4 aromatic rings. The topological polar surface area (TPSA) is 57.0 Å². The van der Waals surface area contributed by atoms with Gasteiger partial charge in [-0.2, -0.15) is 0 Å². The monoisotopic (exact) mass is 615 g/mol. The van der Waals surface area contributed by atoms with E-state index >= 15 is 0 Å². The molecule has 5 heterocycles. The van der Waals surface area contributed by atoms with Crippen LogP contribution in [0.3, 0.4) is 0 Å². The van der Waals surface area contributed by atoms with Gasteiger partial charge in [-0.05, 0) is 103 Å². The van der Waals surface area contributed by atoms with Crippen LogP contribution in [0.15, 0.2) is 60.7 Å². The van der Waals surface area contributed by atoms with E-state index in [1.54, 1.807) is 14.2 Å². The number of methoxy groups -OCH3 is 2. The van der Waals surface area contributed by atoms with E-state index in [1.165, 1.54) is 22.3 Å². The van der Waals surface area contributed by atoms with Crippen molar-refractivity contribution in [2.45, 2.75) is 37.8 Å². The summed E-state index contributed by atoms with van der Waals surface area (Å²) < 4.78 is 31.7. The lowest BCUT2D eigenvalue weighted by molar-refractivity contribution is 0.191. The molecule has 0 aliphatic carbocycles. The Morgan fingerprint density at radius 1 is 0.761 bits per heavy atom. The van der Waals surface area contributed by atoms with Gasteiger partial charge < -0.3 is 28.5 Å². The zero-order chi connectivity index (χ0) is 31.4. The number of hydrogen-bond acceptors (Lipinski definition) is 7. The zero-order valence-corrected chi connectivity index (χ0v) is 26.5. The first-order valence-corrected chi connectivity index (χ1v) is 16.0. The second-order valence-corrected chi connectivity index (χ2v) is 12.6. The van der Waals surface area contributed by atoms with Gasteiger partial charge in [-0.1, -0.05) is 18.2 Å². The lowest BCUT2D eigenvalue weighted by Crippen LogP contribution is -2.38. The molecule has 0 amide bonds. The molecule has 0 saturated carbocycles. The van der Waals surface area contributed by atoms with Gasteiger partial charge in [0.05, 0.1) is 20.8 Å². The number of rotatable bonds is 4. The van der Waals surface area contributed by atoms with Crippen molar-refractivity contribution in [3.8, 4) is 46.0 Å². The molecule has 4 aromatic carbocycles. The molecule has 0 spiro atoms. The first-order valence-electron chi connectivity index (χ1n) is 16.0. The van der Waals surface area contributed by atoms with Crippen molar-refractivity contribution < 1.29 is 23.7 Å². The van der Waals surface area contributed by atoms with E-state index in [-0.39, 0.29) is 12.1 Å². The third kappa shape index (κ3) is 4.91. The highest BCUT2D eigenvalue weighted by atomic mass is 16.6. The second-order valence-electron chi connectivity index (χ2n) is 12.6. The molecule has 8 heteroatoms. The summed E-state index contributed by atoms with van der Waals surface area (Å²) in [6.07, 6.45) is 3.32. The Balaban J connectivity index is 1.32. The maximum absolute atomic E-state index is 7.49. The van der Waals surface area contributed by atoms with Crippen LogP contribution in [0.1, 0.15) is 45.5 Å². The molecular weight excluding hydrogens is 578 g/mol. The van der Waals surface area contributed by atoms with Crippen LogP contribution in [-0.4, -0.2) is 57.2 Å². The summed E-state index contributed by atoms with van der Waals surface area (Å²) in [5.74, 6) is 5.65. The Hall–Kier alpha value is -4.71. The van der Waals surface area contributed by atoms with Crippen molar-refractivity contribution >= 4 is 0 Å². The zero-order valence-electron chi connectivity index (χ0n) is 26.5. The summed E-state index contributed by atoms with van der Waals surface area (Å²) in [5.41, 5.74) is 7.17. The van der Waals surface area contributed by atoms with E-state index in [2.05, 4.69) is 64.2 Å². The molecule has 2 atom stereocenters. The summed E-state index contributed by atoms with van der Waals surface area (Å²) in [5, 5.41) is 0. The van der Waals surface area contributed by atoms with Gasteiger partial charge in [-0.25, -0.2) is 6.57 Å². The first kappa shape index (κ1) is 28.7. The molecule has 0 aromatic heterocycles. The summed E-state index contributed by atoms with van der Waals surface area (Å²) in [7, 11) is 5.55. The number of nitrogens with zero attached hydrogens (tertiary/aromatic N) is 3. The highest BCUT2D eigenvalue weighted by molar-refractivity contribution is 5.67. The molecule has 0 fully saturated rings. The minimum absolute atomic E-state index is 0.0540. The van der Waals surface area contributed by atoms with Gasteiger partial charge in [0.25, 0.3) is 0 Å². The third-order valence-electron chi connectivity index (χ3n) is 9.98. The van der Waals surface area contributed by atoms with Crippen molar-refractivity contribution in [3.05, 3.63) is 105 Å². The number of ether oxygens (including phenoxy) is 5. The Labute approximate surface area is 269 Å². The summed E-state index contributed by atoms with van der Waals surface area (Å²) in [4.78, 5) is 8.53. The van der Waals surface area contributed by atoms with E-state index in [9.17, 15) is 0 Å². The molecule has 46 heavy (non-hydrogen) atoms. The number of likely N-dealkylation sites (N-methyl/N-ethyl adjacent to an activating group) is 1. The first-order chi connectivity index (χ1) is 22.5. The molecule has 234 valence electrons. The van der Waals surface area contributed by atoms with Crippen LogP contribution in [0, 0.1) is 6.57 Å². The van der Waals surface area contributed by atoms with Crippen LogP contribution in [0.25, 0.3) is 4.85 Å². The Bertz CT molecular complexity index is 1860. The minimum atomic E-state index is 0.0540. The fraction of sp³-hybridized carbons (Fsp3) is 0.342. The van der Waals surface area contributed by atoms with Crippen molar-refractivity contribution in [1.82, 2.24) is 9.80 Å². The lowest BCUT2D eigenvalue weighted by Gasteiger charge is -2.39. The van der Waals surface area contributed by atoms with Crippen molar-refractivity contribution in [2.75, 3.05) is 47.4 Å².